The van der Waals surface area contributed by atoms with E-state index in [-0.39, 0.29) is 5.97 Å². The number of ether oxygens (including phenoxy) is 1. The third kappa shape index (κ3) is 4.45. The Bertz CT molecular complexity index is 286. The minimum Gasteiger partial charge on any atom is -0.463 e. The van der Waals surface area contributed by atoms with Gasteiger partial charge in [0, 0.05) is 18.2 Å². The molecule has 2 unspecified atom stereocenters. The Hall–Kier alpha value is -0.830. The maximum Gasteiger partial charge on any atom is 0.334 e. The first-order valence-electron chi connectivity index (χ1n) is 7.14. The predicted molar refractivity (Wildman–Crippen MR) is 74.4 cm³/mol. The van der Waals surface area contributed by atoms with Crippen molar-refractivity contribution in [3.05, 3.63) is 12.2 Å². The lowest BCUT2D eigenvalue weighted by Gasteiger charge is -2.35. The molecule has 1 N–H and O–H groups in total. The van der Waals surface area contributed by atoms with Crippen LogP contribution in [0, 0.1) is 11.8 Å². The van der Waals surface area contributed by atoms with Gasteiger partial charge in [0.05, 0.1) is 6.61 Å². The third-order valence-electron chi connectivity index (χ3n) is 3.82. The summed E-state index contributed by atoms with van der Waals surface area (Å²) in [4.78, 5) is 11.5. The summed E-state index contributed by atoms with van der Waals surface area (Å²) < 4.78 is 4.94. The van der Waals surface area contributed by atoms with E-state index in [1.165, 1.54) is 25.7 Å². The smallest absolute Gasteiger partial charge is 0.334 e. The number of hydrogen-bond acceptors (Lipinski definition) is 3. The van der Waals surface area contributed by atoms with Crippen molar-refractivity contribution < 1.29 is 9.53 Å². The molecule has 104 valence electrons. The second-order valence-corrected chi connectivity index (χ2v) is 5.50. The van der Waals surface area contributed by atoms with Gasteiger partial charge in [-0.25, -0.2) is 4.79 Å². The summed E-state index contributed by atoms with van der Waals surface area (Å²) in [5.74, 6) is 1.13. The molecule has 0 aliphatic heterocycles. The van der Waals surface area contributed by atoms with Crippen LogP contribution in [0.1, 0.15) is 46.5 Å². The zero-order valence-corrected chi connectivity index (χ0v) is 12.0. The van der Waals surface area contributed by atoms with Crippen molar-refractivity contribution in [2.24, 2.45) is 11.8 Å². The molecule has 1 aliphatic rings. The normalized spacial score (nSPS) is 24.0. The van der Waals surface area contributed by atoms with E-state index >= 15 is 0 Å². The molecule has 1 fully saturated rings. The van der Waals surface area contributed by atoms with Crippen LogP contribution in [0.25, 0.3) is 0 Å². The van der Waals surface area contributed by atoms with E-state index in [0.29, 0.717) is 36.6 Å². The second-order valence-electron chi connectivity index (χ2n) is 5.50. The molecular weight excluding hydrogens is 226 g/mol. The number of hydrogen-bond donors (Lipinski definition) is 1. The summed E-state index contributed by atoms with van der Waals surface area (Å²) in [5, 5.41) is 3.49. The Morgan fingerprint density at radius 1 is 1.39 bits per heavy atom. The number of carbonyl (C=O) groups excluding carboxylic acids is 1. The van der Waals surface area contributed by atoms with Crippen molar-refractivity contribution in [1.29, 1.82) is 0 Å². The van der Waals surface area contributed by atoms with Gasteiger partial charge in [0.1, 0.15) is 0 Å². The molecule has 3 heteroatoms. The van der Waals surface area contributed by atoms with Crippen molar-refractivity contribution in [3.8, 4) is 0 Å². The maximum atomic E-state index is 11.5. The molecule has 1 saturated carbocycles. The van der Waals surface area contributed by atoms with Crippen molar-refractivity contribution in [2.45, 2.75) is 52.5 Å². The third-order valence-corrected chi connectivity index (χ3v) is 3.82. The molecule has 0 aromatic heterocycles. The molecule has 0 spiro atoms. The largest absolute Gasteiger partial charge is 0.463 e. The van der Waals surface area contributed by atoms with Crippen LogP contribution < -0.4 is 5.32 Å². The number of esters is 1. The highest BCUT2D eigenvalue weighted by atomic mass is 16.5. The first-order chi connectivity index (χ1) is 8.56. The van der Waals surface area contributed by atoms with E-state index in [0.717, 1.165) is 0 Å². The maximum absolute atomic E-state index is 11.5. The summed E-state index contributed by atoms with van der Waals surface area (Å²) in [5.41, 5.74) is 0.532. The highest BCUT2D eigenvalue weighted by Crippen LogP contribution is 2.30. The Labute approximate surface area is 111 Å². The van der Waals surface area contributed by atoms with E-state index in [1.807, 2.05) is 6.92 Å². The van der Waals surface area contributed by atoms with Gasteiger partial charge in [-0.05, 0) is 31.6 Å². The minimum atomic E-state index is -0.276. The Kier molecular flexibility index (Phi) is 6.41. The number of carbonyl (C=O) groups is 1. The van der Waals surface area contributed by atoms with E-state index in [4.69, 9.17) is 4.74 Å². The Morgan fingerprint density at radius 2 is 2.06 bits per heavy atom. The predicted octanol–water partition coefficient (Wildman–Crippen LogP) is 2.91. The van der Waals surface area contributed by atoms with Gasteiger partial charge < -0.3 is 10.1 Å². The number of nitrogens with one attached hydrogen (secondary N) is 1. The fourth-order valence-corrected chi connectivity index (χ4v) is 2.77. The monoisotopic (exact) mass is 253 g/mol. The molecule has 0 amide bonds. The van der Waals surface area contributed by atoms with Gasteiger partial charge in [-0.2, -0.15) is 0 Å². The van der Waals surface area contributed by atoms with Crippen LogP contribution in [0.15, 0.2) is 12.2 Å². The molecule has 2 atom stereocenters. The first-order valence-corrected chi connectivity index (χ1v) is 7.14. The lowest BCUT2D eigenvalue weighted by atomic mass is 9.78. The molecule has 0 saturated heterocycles. The summed E-state index contributed by atoms with van der Waals surface area (Å²) in [6.45, 7) is 11.1. The highest BCUT2D eigenvalue weighted by Gasteiger charge is 2.27. The molecule has 0 bridgehead atoms. The Balaban J connectivity index is 2.40. The van der Waals surface area contributed by atoms with Crippen LogP contribution in [0.3, 0.4) is 0 Å². The summed E-state index contributed by atoms with van der Waals surface area (Å²) in [6.07, 6.45) is 5.12. The summed E-state index contributed by atoms with van der Waals surface area (Å²) >= 11 is 0. The highest BCUT2D eigenvalue weighted by molar-refractivity contribution is 5.88. The zero-order valence-electron chi connectivity index (χ0n) is 12.0. The molecule has 0 heterocycles. The molecule has 1 aliphatic carbocycles. The van der Waals surface area contributed by atoms with Gasteiger partial charge in [0.15, 0.2) is 0 Å². The van der Waals surface area contributed by atoms with Crippen LogP contribution in [-0.4, -0.2) is 25.2 Å². The lowest BCUT2D eigenvalue weighted by molar-refractivity contribution is -0.138. The molecular formula is C15H27NO2. The molecule has 18 heavy (non-hydrogen) atoms. The van der Waals surface area contributed by atoms with Gasteiger partial charge >= 0.3 is 5.97 Å². The average Bonchev–Trinajstić information content (AvgIpc) is 2.36. The minimum absolute atomic E-state index is 0.276. The summed E-state index contributed by atoms with van der Waals surface area (Å²) in [7, 11) is 0. The second kappa shape index (κ2) is 7.57. The molecule has 0 aromatic rings. The SMILES string of the molecule is C=C(CNC1CCCCC1C(C)C)C(=O)OCC. The van der Waals surface area contributed by atoms with Crippen LogP contribution in [0.2, 0.25) is 0 Å². The van der Waals surface area contributed by atoms with Crippen LogP contribution in [0.5, 0.6) is 0 Å². The van der Waals surface area contributed by atoms with Crippen molar-refractivity contribution in [2.75, 3.05) is 13.2 Å². The first kappa shape index (κ1) is 15.2. The quantitative estimate of drug-likeness (QED) is 0.584. The zero-order chi connectivity index (χ0) is 13.5. The molecule has 1 rings (SSSR count). The average molecular weight is 253 g/mol. The van der Waals surface area contributed by atoms with E-state index in [1.54, 1.807) is 0 Å². The van der Waals surface area contributed by atoms with E-state index < -0.39 is 0 Å². The van der Waals surface area contributed by atoms with E-state index in [2.05, 4.69) is 25.7 Å². The fraction of sp³-hybridized carbons (Fsp3) is 0.800. The lowest BCUT2D eigenvalue weighted by Crippen LogP contribution is -2.42. The molecule has 3 nitrogen and oxygen atoms in total. The van der Waals surface area contributed by atoms with Crippen molar-refractivity contribution in [3.63, 3.8) is 0 Å². The van der Waals surface area contributed by atoms with Gasteiger partial charge in [0.2, 0.25) is 0 Å². The van der Waals surface area contributed by atoms with Crippen LogP contribution in [-0.2, 0) is 9.53 Å². The van der Waals surface area contributed by atoms with Crippen molar-refractivity contribution in [1.82, 2.24) is 5.32 Å². The standard InChI is InChI=1S/C15H27NO2/c1-5-18-15(17)12(4)10-16-14-9-7-6-8-13(14)11(2)3/h11,13-14,16H,4-10H2,1-3H3. The van der Waals surface area contributed by atoms with E-state index in [9.17, 15) is 4.79 Å². The van der Waals surface area contributed by atoms with Gasteiger partial charge in [0.25, 0.3) is 0 Å². The molecule has 0 aromatic carbocycles. The topological polar surface area (TPSA) is 38.3 Å². The van der Waals surface area contributed by atoms with Gasteiger partial charge in [-0.15, -0.1) is 0 Å². The van der Waals surface area contributed by atoms with Crippen molar-refractivity contribution >= 4 is 5.97 Å². The Morgan fingerprint density at radius 3 is 2.67 bits per heavy atom. The van der Waals surface area contributed by atoms with Crippen LogP contribution >= 0.6 is 0 Å². The summed E-state index contributed by atoms with van der Waals surface area (Å²) in [6, 6.07) is 0.518. The molecule has 0 radical (unpaired) electrons. The van der Waals surface area contributed by atoms with Crippen LogP contribution in [0.4, 0.5) is 0 Å². The fourth-order valence-electron chi connectivity index (χ4n) is 2.77. The number of rotatable bonds is 6. The van der Waals surface area contributed by atoms with Gasteiger partial charge in [-0.3, -0.25) is 0 Å². The van der Waals surface area contributed by atoms with Gasteiger partial charge in [-0.1, -0.05) is 33.3 Å².